The van der Waals surface area contributed by atoms with E-state index >= 15 is 0 Å². The molecule has 1 N–H and O–H groups in total. The van der Waals surface area contributed by atoms with Crippen molar-refractivity contribution in [3.8, 4) is 11.6 Å². The number of para-hydroxylation sites is 1. The third kappa shape index (κ3) is 5.92. The van der Waals surface area contributed by atoms with Crippen molar-refractivity contribution in [1.29, 1.82) is 0 Å². The summed E-state index contributed by atoms with van der Waals surface area (Å²) < 4.78 is 5.71. The number of aromatic nitrogens is 1. The van der Waals surface area contributed by atoms with Gasteiger partial charge in [0.25, 0.3) is 0 Å². The third-order valence-electron chi connectivity index (χ3n) is 3.31. The van der Waals surface area contributed by atoms with Crippen molar-refractivity contribution in [2.75, 3.05) is 5.75 Å². The highest BCUT2D eigenvalue weighted by Gasteiger charge is 2.04. The van der Waals surface area contributed by atoms with Crippen molar-refractivity contribution in [3.05, 3.63) is 76.6 Å². The maximum Gasteiger partial charge on any atom is 0.230 e. The average molecular weight is 370 g/mol. The standard InChI is InChI=1S/C19H18N2O2S2/c22-18(14-24-13-17-7-4-10-25-17)21-12-15-8-9-20-19(11-15)23-16-5-2-1-3-6-16/h1-11H,12-14H2,(H,21,22). The van der Waals surface area contributed by atoms with Gasteiger partial charge in [0.2, 0.25) is 11.8 Å². The second-order valence-electron chi connectivity index (χ2n) is 5.27. The maximum atomic E-state index is 11.9. The molecule has 2 aromatic heterocycles. The van der Waals surface area contributed by atoms with Gasteiger partial charge < -0.3 is 10.1 Å². The van der Waals surface area contributed by atoms with Crippen LogP contribution in [-0.4, -0.2) is 16.6 Å². The van der Waals surface area contributed by atoms with Crippen LogP contribution < -0.4 is 10.1 Å². The molecule has 0 saturated carbocycles. The van der Waals surface area contributed by atoms with E-state index < -0.39 is 0 Å². The highest BCUT2D eigenvalue weighted by atomic mass is 32.2. The number of nitrogens with one attached hydrogen (secondary N) is 1. The summed E-state index contributed by atoms with van der Waals surface area (Å²) in [6, 6.07) is 17.3. The fourth-order valence-corrected chi connectivity index (χ4v) is 3.81. The van der Waals surface area contributed by atoms with Crippen molar-refractivity contribution in [2.24, 2.45) is 0 Å². The molecule has 128 valence electrons. The lowest BCUT2D eigenvalue weighted by Gasteiger charge is -2.08. The molecule has 0 bridgehead atoms. The topological polar surface area (TPSA) is 51.2 Å². The molecule has 1 amide bonds. The zero-order chi connectivity index (χ0) is 17.3. The first-order chi connectivity index (χ1) is 12.3. The van der Waals surface area contributed by atoms with Gasteiger partial charge >= 0.3 is 0 Å². The van der Waals surface area contributed by atoms with E-state index in [2.05, 4.69) is 21.7 Å². The van der Waals surface area contributed by atoms with E-state index in [1.807, 2.05) is 48.5 Å². The van der Waals surface area contributed by atoms with Gasteiger partial charge in [-0.15, -0.1) is 23.1 Å². The van der Waals surface area contributed by atoms with E-state index in [1.165, 1.54) is 4.88 Å². The molecular weight excluding hydrogens is 352 g/mol. The van der Waals surface area contributed by atoms with Gasteiger partial charge in [-0.2, -0.15) is 0 Å². The minimum absolute atomic E-state index is 0.0314. The number of ether oxygens (including phenoxy) is 1. The zero-order valence-electron chi connectivity index (χ0n) is 13.6. The van der Waals surface area contributed by atoms with Crippen LogP contribution in [0.1, 0.15) is 10.4 Å². The zero-order valence-corrected chi connectivity index (χ0v) is 15.2. The Balaban J connectivity index is 1.44. The molecule has 0 fully saturated rings. The van der Waals surface area contributed by atoms with Crippen LogP contribution >= 0.6 is 23.1 Å². The molecule has 0 aliphatic heterocycles. The SMILES string of the molecule is O=C(CSCc1cccs1)NCc1ccnc(Oc2ccccc2)c1. The average Bonchev–Trinajstić information content (AvgIpc) is 3.15. The Hall–Kier alpha value is -2.31. The molecule has 0 spiro atoms. The Morgan fingerprint density at radius 3 is 2.84 bits per heavy atom. The van der Waals surface area contributed by atoms with Gasteiger partial charge in [-0.25, -0.2) is 4.98 Å². The highest BCUT2D eigenvalue weighted by Crippen LogP contribution is 2.19. The van der Waals surface area contributed by atoms with Crippen LogP contribution in [0.2, 0.25) is 0 Å². The molecular formula is C19H18N2O2S2. The molecule has 1 aromatic carbocycles. The maximum absolute atomic E-state index is 11.9. The molecule has 0 aliphatic rings. The summed E-state index contributed by atoms with van der Waals surface area (Å²) in [4.78, 5) is 17.4. The number of benzene rings is 1. The van der Waals surface area contributed by atoms with E-state index in [0.717, 1.165) is 17.1 Å². The van der Waals surface area contributed by atoms with Crippen molar-refractivity contribution in [2.45, 2.75) is 12.3 Å². The fourth-order valence-electron chi connectivity index (χ4n) is 2.12. The predicted octanol–water partition coefficient (Wildman–Crippen LogP) is 4.49. The predicted molar refractivity (Wildman–Crippen MR) is 103 cm³/mol. The number of thioether (sulfide) groups is 1. The highest BCUT2D eigenvalue weighted by molar-refractivity contribution is 7.99. The molecule has 0 radical (unpaired) electrons. The summed E-state index contributed by atoms with van der Waals surface area (Å²) in [6.45, 7) is 0.464. The second-order valence-corrected chi connectivity index (χ2v) is 7.28. The van der Waals surface area contributed by atoms with Gasteiger partial charge in [-0.05, 0) is 35.2 Å². The van der Waals surface area contributed by atoms with Crippen LogP contribution in [0.15, 0.2) is 66.2 Å². The number of nitrogens with zero attached hydrogens (tertiary/aromatic N) is 1. The lowest BCUT2D eigenvalue weighted by molar-refractivity contribution is -0.118. The lowest BCUT2D eigenvalue weighted by Crippen LogP contribution is -2.24. The van der Waals surface area contributed by atoms with Gasteiger partial charge in [0, 0.05) is 29.4 Å². The summed E-state index contributed by atoms with van der Waals surface area (Å²) in [5, 5.41) is 4.98. The summed E-state index contributed by atoms with van der Waals surface area (Å²) in [7, 11) is 0. The Labute approximate surface area is 155 Å². The number of carbonyl (C=O) groups is 1. The molecule has 0 atom stereocenters. The van der Waals surface area contributed by atoms with Gasteiger partial charge in [0.05, 0.1) is 5.75 Å². The van der Waals surface area contributed by atoms with Crippen LogP contribution in [0.5, 0.6) is 11.6 Å². The van der Waals surface area contributed by atoms with Gasteiger partial charge in [-0.3, -0.25) is 4.79 Å². The van der Waals surface area contributed by atoms with Crippen LogP contribution in [0.4, 0.5) is 0 Å². The number of amides is 1. The number of hydrogen-bond acceptors (Lipinski definition) is 5. The Bertz CT molecular complexity index is 792. The van der Waals surface area contributed by atoms with Crippen LogP contribution in [0.25, 0.3) is 0 Å². The van der Waals surface area contributed by atoms with Crippen molar-refractivity contribution >= 4 is 29.0 Å². The molecule has 4 nitrogen and oxygen atoms in total. The summed E-state index contributed by atoms with van der Waals surface area (Å²) in [5.41, 5.74) is 0.956. The number of thiophene rings is 1. The van der Waals surface area contributed by atoms with E-state index in [0.29, 0.717) is 18.2 Å². The number of hydrogen-bond donors (Lipinski definition) is 1. The number of rotatable bonds is 8. The second kappa shape index (κ2) is 9.25. The van der Waals surface area contributed by atoms with Gasteiger partial charge in [-0.1, -0.05) is 24.3 Å². The Morgan fingerprint density at radius 2 is 2.04 bits per heavy atom. The van der Waals surface area contributed by atoms with E-state index in [-0.39, 0.29) is 5.91 Å². The molecule has 25 heavy (non-hydrogen) atoms. The quantitative estimate of drug-likeness (QED) is 0.635. The smallest absolute Gasteiger partial charge is 0.230 e. The van der Waals surface area contributed by atoms with E-state index in [4.69, 9.17) is 4.74 Å². The minimum Gasteiger partial charge on any atom is -0.439 e. The molecule has 3 rings (SSSR count). The van der Waals surface area contributed by atoms with E-state index in [9.17, 15) is 4.79 Å². The number of carbonyl (C=O) groups excluding carboxylic acids is 1. The van der Waals surface area contributed by atoms with Gasteiger partial charge in [0.1, 0.15) is 5.75 Å². The summed E-state index contributed by atoms with van der Waals surface area (Å²) in [6.07, 6.45) is 1.69. The van der Waals surface area contributed by atoms with E-state index in [1.54, 1.807) is 29.3 Å². The summed E-state index contributed by atoms with van der Waals surface area (Å²) in [5.74, 6) is 2.61. The molecule has 3 aromatic rings. The molecule has 0 unspecified atom stereocenters. The largest absolute Gasteiger partial charge is 0.439 e. The van der Waals surface area contributed by atoms with Gasteiger partial charge in [0.15, 0.2) is 0 Å². The minimum atomic E-state index is 0.0314. The Morgan fingerprint density at radius 1 is 1.16 bits per heavy atom. The monoisotopic (exact) mass is 370 g/mol. The first-order valence-electron chi connectivity index (χ1n) is 7.84. The van der Waals surface area contributed by atoms with Crippen LogP contribution in [-0.2, 0) is 17.1 Å². The summed E-state index contributed by atoms with van der Waals surface area (Å²) >= 11 is 3.33. The molecule has 0 saturated heterocycles. The molecule has 0 aliphatic carbocycles. The third-order valence-corrected chi connectivity index (χ3v) is 5.35. The molecule has 6 heteroatoms. The lowest BCUT2D eigenvalue weighted by atomic mass is 10.2. The first-order valence-corrected chi connectivity index (χ1v) is 9.88. The van der Waals surface area contributed by atoms with Crippen molar-refractivity contribution < 1.29 is 9.53 Å². The van der Waals surface area contributed by atoms with Crippen molar-refractivity contribution in [1.82, 2.24) is 10.3 Å². The van der Waals surface area contributed by atoms with Crippen LogP contribution in [0.3, 0.4) is 0 Å². The van der Waals surface area contributed by atoms with Crippen molar-refractivity contribution in [3.63, 3.8) is 0 Å². The molecule has 2 heterocycles. The Kier molecular flexibility index (Phi) is 6.48. The normalized spacial score (nSPS) is 10.4. The first kappa shape index (κ1) is 17.5. The van der Waals surface area contributed by atoms with Crippen LogP contribution in [0, 0.1) is 0 Å². The fraction of sp³-hybridized carbons (Fsp3) is 0.158. The number of pyridine rings is 1.